The largest absolute Gasteiger partial charge is 0.481 e. The standard InChI is InChI=1S/C12H15F3N2O4/c13-12(14,15)6-20-5-4-9-16-10(21-17-9)7-2-1-3-8(7)11(18)19/h7-8H,1-6H2,(H,18,19). The Balaban J connectivity index is 1.85. The Kier molecular flexibility index (Phi) is 4.81. The van der Waals surface area contributed by atoms with E-state index >= 15 is 0 Å². The van der Waals surface area contributed by atoms with Crippen molar-refractivity contribution in [2.45, 2.75) is 37.8 Å². The van der Waals surface area contributed by atoms with Crippen LogP contribution in [-0.2, 0) is 16.0 Å². The molecule has 1 fully saturated rings. The van der Waals surface area contributed by atoms with Gasteiger partial charge in [-0.3, -0.25) is 4.79 Å². The Hall–Kier alpha value is -1.64. The van der Waals surface area contributed by atoms with E-state index in [-0.39, 0.29) is 30.7 Å². The van der Waals surface area contributed by atoms with Gasteiger partial charge in [0.1, 0.15) is 6.61 Å². The number of aliphatic carboxylic acids is 1. The Morgan fingerprint density at radius 1 is 1.43 bits per heavy atom. The van der Waals surface area contributed by atoms with Crippen LogP contribution in [0.2, 0.25) is 0 Å². The number of rotatable bonds is 6. The van der Waals surface area contributed by atoms with Gasteiger partial charge in [-0.15, -0.1) is 0 Å². The Morgan fingerprint density at radius 2 is 2.19 bits per heavy atom. The quantitative estimate of drug-likeness (QED) is 0.811. The molecule has 21 heavy (non-hydrogen) atoms. The fourth-order valence-corrected chi connectivity index (χ4v) is 2.42. The number of aromatic nitrogens is 2. The summed E-state index contributed by atoms with van der Waals surface area (Å²) < 4.78 is 45.1. The minimum Gasteiger partial charge on any atom is -0.481 e. The second-order valence-electron chi connectivity index (χ2n) is 4.95. The average molecular weight is 308 g/mol. The third-order valence-electron chi connectivity index (χ3n) is 3.37. The number of carboxylic acid groups (broad SMARTS) is 1. The summed E-state index contributed by atoms with van der Waals surface area (Å²) in [5, 5.41) is 12.7. The minimum absolute atomic E-state index is 0.0873. The highest BCUT2D eigenvalue weighted by Crippen LogP contribution is 2.38. The van der Waals surface area contributed by atoms with E-state index in [4.69, 9.17) is 9.63 Å². The van der Waals surface area contributed by atoms with Gasteiger partial charge >= 0.3 is 12.1 Å². The zero-order valence-electron chi connectivity index (χ0n) is 11.1. The lowest BCUT2D eigenvalue weighted by molar-refractivity contribution is -0.173. The van der Waals surface area contributed by atoms with Crippen LogP contribution in [0.15, 0.2) is 4.52 Å². The van der Waals surface area contributed by atoms with Crippen LogP contribution >= 0.6 is 0 Å². The van der Waals surface area contributed by atoms with Crippen molar-refractivity contribution in [2.75, 3.05) is 13.2 Å². The van der Waals surface area contributed by atoms with Crippen molar-refractivity contribution >= 4 is 5.97 Å². The van der Waals surface area contributed by atoms with Crippen LogP contribution in [0, 0.1) is 5.92 Å². The monoisotopic (exact) mass is 308 g/mol. The fraction of sp³-hybridized carbons (Fsp3) is 0.750. The summed E-state index contributed by atoms with van der Waals surface area (Å²) in [7, 11) is 0. The zero-order valence-corrected chi connectivity index (χ0v) is 11.1. The third-order valence-corrected chi connectivity index (χ3v) is 3.37. The highest BCUT2D eigenvalue weighted by molar-refractivity contribution is 5.71. The molecule has 1 aliphatic carbocycles. The van der Waals surface area contributed by atoms with E-state index in [0.717, 1.165) is 6.42 Å². The predicted octanol–water partition coefficient (Wildman–Crippen LogP) is 2.16. The Morgan fingerprint density at radius 3 is 2.86 bits per heavy atom. The molecule has 1 aliphatic rings. The molecule has 0 aromatic carbocycles. The molecule has 0 saturated heterocycles. The summed E-state index contributed by atoms with van der Waals surface area (Å²) in [6.07, 6.45) is -2.28. The van der Waals surface area contributed by atoms with E-state index in [2.05, 4.69) is 14.9 Å². The maximum atomic E-state index is 11.9. The molecular weight excluding hydrogens is 293 g/mol. The van der Waals surface area contributed by atoms with Crippen molar-refractivity contribution in [2.24, 2.45) is 5.92 Å². The first-order chi connectivity index (χ1) is 9.87. The molecule has 1 N–H and O–H groups in total. The normalized spacial score (nSPS) is 22.6. The molecule has 1 saturated carbocycles. The number of ether oxygens (including phenoxy) is 1. The molecule has 0 aliphatic heterocycles. The van der Waals surface area contributed by atoms with E-state index in [0.29, 0.717) is 12.8 Å². The first kappa shape index (κ1) is 15.7. The molecule has 2 rings (SSSR count). The maximum absolute atomic E-state index is 11.9. The van der Waals surface area contributed by atoms with Crippen molar-refractivity contribution in [1.82, 2.24) is 10.1 Å². The van der Waals surface area contributed by atoms with Crippen molar-refractivity contribution in [3.63, 3.8) is 0 Å². The lowest BCUT2D eigenvalue weighted by atomic mass is 9.96. The third kappa shape index (κ3) is 4.42. The lowest BCUT2D eigenvalue weighted by Crippen LogP contribution is -2.18. The molecule has 1 aromatic rings. The van der Waals surface area contributed by atoms with Crippen molar-refractivity contribution in [3.8, 4) is 0 Å². The number of hydrogen-bond donors (Lipinski definition) is 1. The molecule has 0 bridgehead atoms. The lowest BCUT2D eigenvalue weighted by Gasteiger charge is -2.10. The van der Waals surface area contributed by atoms with Gasteiger partial charge in [0.2, 0.25) is 5.89 Å². The number of nitrogens with zero attached hydrogens (tertiary/aromatic N) is 2. The second kappa shape index (κ2) is 6.42. The van der Waals surface area contributed by atoms with E-state index in [1.807, 2.05) is 0 Å². The molecule has 0 radical (unpaired) electrons. The number of carbonyl (C=O) groups is 1. The summed E-state index contributed by atoms with van der Waals surface area (Å²) in [6.45, 7) is -1.49. The highest BCUT2D eigenvalue weighted by atomic mass is 19.4. The summed E-state index contributed by atoms with van der Waals surface area (Å²) in [5.74, 6) is -1.29. The van der Waals surface area contributed by atoms with Gasteiger partial charge in [-0.2, -0.15) is 18.2 Å². The molecule has 0 spiro atoms. The molecule has 0 amide bonds. The van der Waals surface area contributed by atoms with Crippen molar-refractivity contribution < 1.29 is 32.3 Å². The first-order valence-corrected chi connectivity index (χ1v) is 6.56. The van der Waals surface area contributed by atoms with Crippen LogP contribution in [-0.4, -0.2) is 40.6 Å². The van der Waals surface area contributed by atoms with Crippen molar-refractivity contribution in [3.05, 3.63) is 11.7 Å². The van der Waals surface area contributed by atoms with Crippen LogP contribution < -0.4 is 0 Å². The number of alkyl halides is 3. The van der Waals surface area contributed by atoms with Gasteiger partial charge in [-0.05, 0) is 12.8 Å². The number of hydrogen-bond acceptors (Lipinski definition) is 5. The summed E-state index contributed by atoms with van der Waals surface area (Å²) in [4.78, 5) is 15.1. The van der Waals surface area contributed by atoms with Gasteiger partial charge < -0.3 is 14.4 Å². The summed E-state index contributed by atoms with van der Waals surface area (Å²) >= 11 is 0. The van der Waals surface area contributed by atoms with E-state index < -0.39 is 24.7 Å². The van der Waals surface area contributed by atoms with E-state index in [1.54, 1.807) is 0 Å². The van der Waals surface area contributed by atoms with Gasteiger partial charge in [-0.1, -0.05) is 11.6 Å². The topological polar surface area (TPSA) is 85.5 Å². The number of halogens is 3. The Bertz CT molecular complexity index is 489. The van der Waals surface area contributed by atoms with Gasteiger partial charge in [0.25, 0.3) is 0 Å². The molecular formula is C12H15F3N2O4. The van der Waals surface area contributed by atoms with Gasteiger partial charge in [0.15, 0.2) is 5.82 Å². The second-order valence-corrected chi connectivity index (χ2v) is 4.95. The van der Waals surface area contributed by atoms with Gasteiger partial charge in [0, 0.05) is 6.42 Å². The SMILES string of the molecule is O=C(O)C1CCCC1c1nc(CCOCC(F)(F)F)no1. The molecule has 9 heteroatoms. The van der Waals surface area contributed by atoms with Crippen LogP contribution in [0.25, 0.3) is 0 Å². The molecule has 118 valence electrons. The fourth-order valence-electron chi connectivity index (χ4n) is 2.42. The molecule has 2 unspecified atom stereocenters. The summed E-state index contributed by atoms with van der Waals surface area (Å²) in [6, 6.07) is 0. The minimum atomic E-state index is -4.36. The molecule has 1 aromatic heterocycles. The van der Waals surface area contributed by atoms with Crippen molar-refractivity contribution in [1.29, 1.82) is 0 Å². The molecule has 6 nitrogen and oxygen atoms in total. The smallest absolute Gasteiger partial charge is 0.411 e. The van der Waals surface area contributed by atoms with E-state index in [1.165, 1.54) is 0 Å². The first-order valence-electron chi connectivity index (χ1n) is 6.56. The molecule has 2 atom stereocenters. The Labute approximate surface area is 118 Å². The van der Waals surface area contributed by atoms with E-state index in [9.17, 15) is 18.0 Å². The van der Waals surface area contributed by atoms with Crippen LogP contribution in [0.1, 0.15) is 36.9 Å². The van der Waals surface area contributed by atoms with Crippen LogP contribution in [0.3, 0.4) is 0 Å². The number of carboxylic acids is 1. The zero-order chi connectivity index (χ0) is 15.5. The van der Waals surface area contributed by atoms with Gasteiger partial charge in [-0.25, -0.2) is 0 Å². The average Bonchev–Trinajstić information content (AvgIpc) is 3.01. The van der Waals surface area contributed by atoms with Crippen LogP contribution in [0.5, 0.6) is 0 Å². The maximum Gasteiger partial charge on any atom is 0.411 e. The predicted molar refractivity (Wildman–Crippen MR) is 62.6 cm³/mol. The molecule has 1 heterocycles. The van der Waals surface area contributed by atoms with Gasteiger partial charge in [0.05, 0.1) is 18.4 Å². The van der Waals surface area contributed by atoms with Crippen LogP contribution in [0.4, 0.5) is 13.2 Å². The highest BCUT2D eigenvalue weighted by Gasteiger charge is 2.37. The summed E-state index contributed by atoms with van der Waals surface area (Å²) in [5.41, 5.74) is 0.